The highest BCUT2D eigenvalue weighted by molar-refractivity contribution is 7.80. The van der Waals surface area contributed by atoms with E-state index in [1.54, 1.807) is 7.11 Å². The van der Waals surface area contributed by atoms with E-state index in [9.17, 15) is 0 Å². The Morgan fingerprint density at radius 3 is 2.47 bits per heavy atom. The first-order valence-corrected chi connectivity index (χ1v) is 6.08. The van der Waals surface area contributed by atoms with E-state index in [0.717, 1.165) is 24.1 Å². The van der Waals surface area contributed by atoms with Gasteiger partial charge in [0, 0.05) is 20.2 Å². The molecule has 0 spiro atoms. The molecule has 0 aliphatic rings. The third-order valence-corrected chi connectivity index (χ3v) is 2.37. The summed E-state index contributed by atoms with van der Waals surface area (Å²) in [6, 6.07) is 0. The SMILES string of the molecule is COCCNC(=S)NCCCCC(C)C. The van der Waals surface area contributed by atoms with E-state index in [1.807, 2.05) is 0 Å². The maximum atomic E-state index is 5.09. The fourth-order valence-corrected chi connectivity index (χ4v) is 1.41. The van der Waals surface area contributed by atoms with Crippen molar-refractivity contribution in [2.24, 2.45) is 5.92 Å². The highest BCUT2D eigenvalue weighted by Gasteiger charge is 1.96. The molecule has 0 unspecified atom stereocenters. The molecule has 3 nitrogen and oxygen atoms in total. The highest BCUT2D eigenvalue weighted by atomic mass is 32.1. The molecule has 0 aromatic rings. The highest BCUT2D eigenvalue weighted by Crippen LogP contribution is 2.04. The minimum absolute atomic E-state index is 0.690. The van der Waals surface area contributed by atoms with Crippen LogP contribution in [0, 0.1) is 5.92 Å². The summed E-state index contributed by atoms with van der Waals surface area (Å²) in [5.74, 6) is 0.803. The van der Waals surface area contributed by atoms with Crippen molar-refractivity contribution in [2.75, 3.05) is 26.8 Å². The summed E-state index contributed by atoms with van der Waals surface area (Å²) in [5, 5.41) is 6.99. The Morgan fingerprint density at radius 1 is 1.20 bits per heavy atom. The topological polar surface area (TPSA) is 33.3 Å². The first-order chi connectivity index (χ1) is 7.16. The molecule has 15 heavy (non-hydrogen) atoms. The van der Waals surface area contributed by atoms with E-state index in [2.05, 4.69) is 24.5 Å². The van der Waals surface area contributed by atoms with Crippen LogP contribution in [0.1, 0.15) is 33.1 Å². The minimum Gasteiger partial charge on any atom is -0.383 e. The Bertz CT molecular complexity index is 163. The van der Waals surface area contributed by atoms with Crippen LogP contribution in [0.4, 0.5) is 0 Å². The molecule has 0 aromatic heterocycles. The van der Waals surface area contributed by atoms with Crippen molar-refractivity contribution in [3.8, 4) is 0 Å². The van der Waals surface area contributed by atoms with E-state index in [-0.39, 0.29) is 0 Å². The zero-order valence-electron chi connectivity index (χ0n) is 10.1. The molecule has 0 aliphatic carbocycles. The van der Waals surface area contributed by atoms with Crippen molar-refractivity contribution in [2.45, 2.75) is 33.1 Å². The van der Waals surface area contributed by atoms with Gasteiger partial charge in [-0.15, -0.1) is 0 Å². The first kappa shape index (κ1) is 14.6. The summed E-state index contributed by atoms with van der Waals surface area (Å²) in [6.07, 6.45) is 3.75. The Hall–Kier alpha value is -0.350. The fourth-order valence-electron chi connectivity index (χ4n) is 1.21. The maximum absolute atomic E-state index is 5.09. The number of nitrogens with one attached hydrogen (secondary N) is 2. The van der Waals surface area contributed by atoms with Gasteiger partial charge in [0.1, 0.15) is 0 Å². The second kappa shape index (κ2) is 10.2. The van der Waals surface area contributed by atoms with Crippen LogP contribution in [-0.4, -0.2) is 31.9 Å². The van der Waals surface area contributed by atoms with Crippen LogP contribution < -0.4 is 10.6 Å². The van der Waals surface area contributed by atoms with Crippen molar-refractivity contribution in [1.29, 1.82) is 0 Å². The quantitative estimate of drug-likeness (QED) is 0.495. The standard InChI is InChI=1S/C11H24N2OS/c1-10(2)6-4-5-7-12-11(15)13-8-9-14-3/h10H,4-9H2,1-3H3,(H2,12,13,15). The Balaban J connectivity index is 3.17. The van der Waals surface area contributed by atoms with Crippen molar-refractivity contribution in [1.82, 2.24) is 10.6 Å². The third-order valence-electron chi connectivity index (χ3n) is 2.09. The molecule has 4 heteroatoms. The van der Waals surface area contributed by atoms with Gasteiger partial charge in [-0.3, -0.25) is 0 Å². The zero-order chi connectivity index (χ0) is 11.5. The number of rotatable bonds is 8. The van der Waals surface area contributed by atoms with Gasteiger partial charge in [0.15, 0.2) is 5.11 Å². The average Bonchev–Trinajstić information content (AvgIpc) is 2.17. The van der Waals surface area contributed by atoms with E-state index >= 15 is 0 Å². The zero-order valence-corrected chi connectivity index (χ0v) is 11.0. The summed E-state index contributed by atoms with van der Waals surface area (Å²) in [5.41, 5.74) is 0. The number of hydrogen-bond donors (Lipinski definition) is 2. The van der Waals surface area contributed by atoms with Gasteiger partial charge in [-0.25, -0.2) is 0 Å². The molecule has 2 N–H and O–H groups in total. The molecule has 0 radical (unpaired) electrons. The Kier molecular flexibility index (Phi) is 9.94. The molecule has 0 atom stereocenters. The Morgan fingerprint density at radius 2 is 1.87 bits per heavy atom. The third kappa shape index (κ3) is 11.6. The van der Waals surface area contributed by atoms with Crippen molar-refractivity contribution in [3.05, 3.63) is 0 Å². The largest absolute Gasteiger partial charge is 0.383 e. The van der Waals surface area contributed by atoms with Crippen LogP contribution in [-0.2, 0) is 4.74 Å². The lowest BCUT2D eigenvalue weighted by molar-refractivity contribution is 0.204. The lowest BCUT2D eigenvalue weighted by atomic mass is 10.1. The Labute approximate surface area is 99.0 Å². The molecule has 0 heterocycles. The van der Waals surface area contributed by atoms with E-state index in [1.165, 1.54) is 19.3 Å². The summed E-state index contributed by atoms with van der Waals surface area (Å²) >= 11 is 5.09. The summed E-state index contributed by atoms with van der Waals surface area (Å²) in [4.78, 5) is 0. The predicted molar refractivity (Wildman–Crippen MR) is 69.2 cm³/mol. The fraction of sp³-hybridized carbons (Fsp3) is 0.909. The summed E-state index contributed by atoms with van der Waals surface area (Å²) in [6.45, 7) is 6.93. The molecule has 0 saturated heterocycles. The number of hydrogen-bond acceptors (Lipinski definition) is 2. The van der Waals surface area contributed by atoms with Gasteiger partial charge in [0.05, 0.1) is 6.61 Å². The number of ether oxygens (including phenoxy) is 1. The molecule has 0 bridgehead atoms. The van der Waals surface area contributed by atoms with E-state index in [0.29, 0.717) is 6.61 Å². The minimum atomic E-state index is 0.690. The maximum Gasteiger partial charge on any atom is 0.166 e. The van der Waals surface area contributed by atoms with Gasteiger partial charge < -0.3 is 15.4 Å². The second-order valence-corrected chi connectivity index (χ2v) is 4.47. The van der Waals surface area contributed by atoms with Gasteiger partial charge in [-0.1, -0.05) is 26.7 Å². The number of methoxy groups -OCH3 is 1. The van der Waals surface area contributed by atoms with Crippen LogP contribution in [0.15, 0.2) is 0 Å². The monoisotopic (exact) mass is 232 g/mol. The molecule has 0 rings (SSSR count). The molecule has 90 valence electrons. The molecular weight excluding hydrogens is 208 g/mol. The molecule has 0 amide bonds. The van der Waals surface area contributed by atoms with Gasteiger partial charge in [-0.05, 0) is 24.6 Å². The smallest absolute Gasteiger partial charge is 0.166 e. The molecule has 0 aromatic carbocycles. The van der Waals surface area contributed by atoms with Crippen molar-refractivity contribution in [3.63, 3.8) is 0 Å². The normalized spacial score (nSPS) is 10.4. The second-order valence-electron chi connectivity index (χ2n) is 4.07. The average molecular weight is 232 g/mol. The van der Waals surface area contributed by atoms with Crippen LogP contribution >= 0.6 is 12.2 Å². The van der Waals surface area contributed by atoms with Gasteiger partial charge >= 0.3 is 0 Å². The lowest BCUT2D eigenvalue weighted by Crippen LogP contribution is -2.37. The lowest BCUT2D eigenvalue weighted by Gasteiger charge is -2.10. The van der Waals surface area contributed by atoms with Crippen LogP contribution in [0.3, 0.4) is 0 Å². The number of unbranched alkanes of at least 4 members (excludes halogenated alkanes) is 1. The van der Waals surface area contributed by atoms with Crippen molar-refractivity contribution >= 4 is 17.3 Å². The van der Waals surface area contributed by atoms with Crippen molar-refractivity contribution < 1.29 is 4.74 Å². The van der Waals surface area contributed by atoms with Crippen LogP contribution in [0.25, 0.3) is 0 Å². The van der Waals surface area contributed by atoms with Crippen LogP contribution in [0.2, 0.25) is 0 Å². The van der Waals surface area contributed by atoms with E-state index < -0.39 is 0 Å². The summed E-state index contributed by atoms with van der Waals surface area (Å²) < 4.78 is 4.91. The number of thiocarbonyl (C=S) groups is 1. The van der Waals surface area contributed by atoms with E-state index in [4.69, 9.17) is 17.0 Å². The first-order valence-electron chi connectivity index (χ1n) is 5.67. The summed E-state index contributed by atoms with van der Waals surface area (Å²) in [7, 11) is 1.68. The predicted octanol–water partition coefficient (Wildman–Crippen LogP) is 1.92. The molecule has 0 saturated carbocycles. The molecule has 0 aliphatic heterocycles. The van der Waals surface area contributed by atoms with Crippen LogP contribution in [0.5, 0.6) is 0 Å². The molecular formula is C11H24N2OS. The van der Waals surface area contributed by atoms with Gasteiger partial charge in [0.2, 0.25) is 0 Å². The van der Waals surface area contributed by atoms with Gasteiger partial charge in [-0.2, -0.15) is 0 Å². The van der Waals surface area contributed by atoms with Gasteiger partial charge in [0.25, 0.3) is 0 Å². The molecule has 0 fully saturated rings.